The molecule has 0 aromatic carbocycles. The molecule has 1 atom stereocenters. The lowest BCUT2D eigenvalue weighted by atomic mass is 10.0. The highest BCUT2D eigenvalue weighted by molar-refractivity contribution is 7.89. The maximum Gasteiger partial charge on any atom is 0.241 e. The Morgan fingerprint density at radius 1 is 1.35 bits per heavy atom. The Morgan fingerprint density at radius 2 is 2.17 bits per heavy atom. The van der Waals surface area contributed by atoms with Crippen molar-refractivity contribution in [3.63, 3.8) is 0 Å². The maximum absolute atomic E-state index is 13.0. The van der Waals surface area contributed by atoms with Crippen LogP contribution in [0, 0.1) is 0 Å². The molecule has 1 aromatic rings. The predicted molar refractivity (Wildman–Crippen MR) is 91.9 cm³/mol. The third-order valence-corrected chi connectivity index (χ3v) is 7.78. The van der Waals surface area contributed by atoms with Gasteiger partial charge in [-0.3, -0.25) is 4.79 Å². The van der Waals surface area contributed by atoms with Gasteiger partial charge in [-0.1, -0.05) is 13.3 Å². The predicted octanol–water partition coefficient (Wildman–Crippen LogP) is 2.23. The molecule has 3 rings (SSSR count). The number of sulfonamides is 1. The standard InChI is InChI=1S/C16H24N2O3S2/c1-2-11-23(20,21)18-8-4-3-5-14(18)16(19)17-9-6-15-13(12-17)7-10-22-15/h7,10,14H,2-6,8-9,11-12H2,1H3. The van der Waals surface area contributed by atoms with E-state index in [4.69, 9.17) is 0 Å². The van der Waals surface area contributed by atoms with E-state index in [-0.39, 0.29) is 11.7 Å². The molecule has 0 N–H and O–H groups in total. The van der Waals surface area contributed by atoms with Gasteiger partial charge in [-0.15, -0.1) is 11.3 Å². The minimum atomic E-state index is -3.33. The van der Waals surface area contributed by atoms with E-state index in [0.717, 1.165) is 19.3 Å². The second-order valence-corrected chi connectivity index (χ2v) is 9.36. The highest BCUT2D eigenvalue weighted by atomic mass is 32.2. The Morgan fingerprint density at radius 3 is 2.96 bits per heavy atom. The zero-order valence-electron chi connectivity index (χ0n) is 13.5. The molecule has 2 aliphatic rings. The average molecular weight is 357 g/mol. The third kappa shape index (κ3) is 3.46. The van der Waals surface area contributed by atoms with Gasteiger partial charge in [0.2, 0.25) is 15.9 Å². The molecule has 1 aromatic heterocycles. The van der Waals surface area contributed by atoms with Gasteiger partial charge in [0, 0.05) is 24.5 Å². The van der Waals surface area contributed by atoms with Crippen LogP contribution in [0.3, 0.4) is 0 Å². The van der Waals surface area contributed by atoms with Crippen LogP contribution in [0.1, 0.15) is 43.0 Å². The largest absolute Gasteiger partial charge is 0.337 e. The van der Waals surface area contributed by atoms with Gasteiger partial charge >= 0.3 is 0 Å². The SMILES string of the molecule is CCCS(=O)(=O)N1CCCCC1C(=O)N1CCc2sccc2C1. The summed E-state index contributed by atoms with van der Waals surface area (Å²) in [6.45, 7) is 3.66. The monoisotopic (exact) mass is 356 g/mol. The quantitative estimate of drug-likeness (QED) is 0.831. The first-order valence-corrected chi connectivity index (χ1v) is 10.9. The van der Waals surface area contributed by atoms with Crippen LogP contribution < -0.4 is 0 Å². The number of fused-ring (bicyclic) bond motifs is 1. The molecule has 0 aliphatic carbocycles. The maximum atomic E-state index is 13.0. The fourth-order valence-electron chi connectivity index (χ4n) is 3.51. The fourth-order valence-corrected chi connectivity index (χ4v) is 6.14. The summed E-state index contributed by atoms with van der Waals surface area (Å²) < 4.78 is 26.5. The van der Waals surface area contributed by atoms with Crippen LogP contribution in [0.5, 0.6) is 0 Å². The summed E-state index contributed by atoms with van der Waals surface area (Å²) in [6.07, 6.45) is 3.89. The molecule has 0 bridgehead atoms. The number of hydrogen-bond donors (Lipinski definition) is 0. The highest BCUT2D eigenvalue weighted by Gasteiger charge is 2.38. The van der Waals surface area contributed by atoms with Crippen molar-refractivity contribution < 1.29 is 13.2 Å². The van der Waals surface area contributed by atoms with E-state index < -0.39 is 16.1 Å². The first-order valence-electron chi connectivity index (χ1n) is 8.36. The van der Waals surface area contributed by atoms with Gasteiger partial charge in [0.05, 0.1) is 5.75 Å². The Kier molecular flexibility index (Phi) is 5.08. The Balaban J connectivity index is 1.77. The smallest absolute Gasteiger partial charge is 0.241 e. The molecule has 5 nitrogen and oxygen atoms in total. The number of amides is 1. The molecule has 1 unspecified atom stereocenters. The Bertz CT molecular complexity index is 669. The number of thiophene rings is 1. The van der Waals surface area contributed by atoms with Crippen LogP contribution in [0.25, 0.3) is 0 Å². The van der Waals surface area contributed by atoms with Gasteiger partial charge in [-0.05, 0) is 42.7 Å². The van der Waals surface area contributed by atoms with Crippen molar-refractivity contribution in [2.75, 3.05) is 18.8 Å². The van der Waals surface area contributed by atoms with Crippen molar-refractivity contribution >= 4 is 27.3 Å². The lowest BCUT2D eigenvalue weighted by Gasteiger charge is -2.38. The number of carbonyl (C=O) groups excluding carboxylic acids is 1. The average Bonchev–Trinajstić information content (AvgIpc) is 3.01. The zero-order valence-corrected chi connectivity index (χ0v) is 15.2. The summed E-state index contributed by atoms with van der Waals surface area (Å²) in [5, 5.41) is 2.07. The van der Waals surface area contributed by atoms with E-state index >= 15 is 0 Å². The molecule has 0 radical (unpaired) electrons. The van der Waals surface area contributed by atoms with Crippen LogP contribution in [0.15, 0.2) is 11.4 Å². The molecule has 1 fully saturated rings. The summed E-state index contributed by atoms with van der Waals surface area (Å²) in [6, 6.07) is 1.58. The summed E-state index contributed by atoms with van der Waals surface area (Å²) in [4.78, 5) is 16.2. The topological polar surface area (TPSA) is 57.7 Å². The number of nitrogens with zero attached hydrogens (tertiary/aromatic N) is 2. The van der Waals surface area contributed by atoms with E-state index in [1.54, 1.807) is 11.3 Å². The van der Waals surface area contributed by atoms with Gasteiger partial charge in [0.25, 0.3) is 0 Å². The van der Waals surface area contributed by atoms with Crippen molar-refractivity contribution in [3.05, 3.63) is 21.9 Å². The lowest BCUT2D eigenvalue weighted by Crippen LogP contribution is -2.54. The number of hydrogen-bond acceptors (Lipinski definition) is 4. The second-order valence-electron chi connectivity index (χ2n) is 6.32. The molecule has 0 spiro atoms. The zero-order chi connectivity index (χ0) is 16.4. The van der Waals surface area contributed by atoms with Crippen molar-refractivity contribution in [1.29, 1.82) is 0 Å². The minimum absolute atomic E-state index is 0.0128. The van der Waals surface area contributed by atoms with E-state index in [0.29, 0.717) is 32.5 Å². The molecule has 128 valence electrons. The summed E-state index contributed by atoms with van der Waals surface area (Å²) in [7, 11) is -3.33. The first-order chi connectivity index (χ1) is 11.0. The van der Waals surface area contributed by atoms with Gasteiger partial charge in [-0.2, -0.15) is 4.31 Å². The van der Waals surface area contributed by atoms with Gasteiger partial charge in [-0.25, -0.2) is 8.42 Å². The van der Waals surface area contributed by atoms with E-state index in [9.17, 15) is 13.2 Å². The van der Waals surface area contributed by atoms with E-state index in [2.05, 4.69) is 11.4 Å². The van der Waals surface area contributed by atoms with Crippen LogP contribution in [-0.2, 0) is 27.8 Å². The van der Waals surface area contributed by atoms with E-state index in [1.165, 1.54) is 14.7 Å². The van der Waals surface area contributed by atoms with E-state index in [1.807, 2.05) is 11.8 Å². The third-order valence-electron chi connectivity index (χ3n) is 4.68. The van der Waals surface area contributed by atoms with Crippen LogP contribution in [-0.4, -0.2) is 48.4 Å². The second kappa shape index (κ2) is 6.91. The summed E-state index contributed by atoms with van der Waals surface area (Å²) >= 11 is 1.74. The Hall–Kier alpha value is -0.920. The van der Waals surface area contributed by atoms with Crippen molar-refractivity contribution in [3.8, 4) is 0 Å². The van der Waals surface area contributed by atoms with Crippen molar-refractivity contribution in [2.45, 2.75) is 51.6 Å². The molecule has 23 heavy (non-hydrogen) atoms. The molecule has 3 heterocycles. The summed E-state index contributed by atoms with van der Waals surface area (Å²) in [5.74, 6) is 0.118. The lowest BCUT2D eigenvalue weighted by molar-refractivity contribution is -0.137. The molecule has 1 saturated heterocycles. The van der Waals surface area contributed by atoms with Crippen LogP contribution >= 0.6 is 11.3 Å². The van der Waals surface area contributed by atoms with Crippen LogP contribution in [0.2, 0.25) is 0 Å². The van der Waals surface area contributed by atoms with Gasteiger partial charge in [0.1, 0.15) is 6.04 Å². The molecular weight excluding hydrogens is 332 g/mol. The first kappa shape index (κ1) is 16.9. The normalized spacial score (nSPS) is 22.8. The van der Waals surface area contributed by atoms with Crippen molar-refractivity contribution in [2.24, 2.45) is 0 Å². The molecular formula is C16H24N2O3S2. The number of rotatable bonds is 4. The number of carbonyl (C=O) groups is 1. The molecule has 7 heteroatoms. The molecule has 1 amide bonds. The molecule has 2 aliphatic heterocycles. The fraction of sp³-hybridized carbons (Fsp3) is 0.688. The minimum Gasteiger partial charge on any atom is -0.337 e. The van der Waals surface area contributed by atoms with Gasteiger partial charge < -0.3 is 4.90 Å². The Labute approximate surface area is 142 Å². The van der Waals surface area contributed by atoms with Crippen molar-refractivity contribution in [1.82, 2.24) is 9.21 Å². The number of piperidine rings is 1. The van der Waals surface area contributed by atoms with Gasteiger partial charge in [0.15, 0.2) is 0 Å². The summed E-state index contributed by atoms with van der Waals surface area (Å²) in [5.41, 5.74) is 1.22. The highest BCUT2D eigenvalue weighted by Crippen LogP contribution is 2.28. The van der Waals surface area contributed by atoms with Crippen LogP contribution in [0.4, 0.5) is 0 Å². The molecule has 0 saturated carbocycles.